The zero-order valence-electron chi connectivity index (χ0n) is 35.0. The van der Waals surface area contributed by atoms with Crippen molar-refractivity contribution >= 4 is 54.8 Å². The lowest BCUT2D eigenvalue weighted by Gasteiger charge is -2.24. The van der Waals surface area contributed by atoms with Gasteiger partial charge >= 0.3 is 0 Å². The molecule has 0 fully saturated rings. The average Bonchev–Trinajstić information content (AvgIpc) is 3.39. The number of fused-ring (bicyclic) bond motifs is 7. The molecule has 0 aliphatic carbocycles. The summed E-state index contributed by atoms with van der Waals surface area (Å²) in [4.78, 5) is 10.2. The smallest absolute Gasteiger partial charge is 0.159 e. The van der Waals surface area contributed by atoms with E-state index in [0.29, 0.717) is 5.84 Å². The van der Waals surface area contributed by atoms with Crippen molar-refractivity contribution in [2.24, 2.45) is 9.98 Å². The number of nitrogens with zero attached hydrogens (tertiary/aromatic N) is 2. The van der Waals surface area contributed by atoms with Crippen molar-refractivity contribution in [3.63, 3.8) is 0 Å². The molecule has 1 aliphatic heterocycles. The molecule has 3 nitrogen and oxygen atoms in total. The highest BCUT2D eigenvalue weighted by Crippen LogP contribution is 2.41. The summed E-state index contributed by atoms with van der Waals surface area (Å²) in [6, 6.07) is 85.0. The van der Waals surface area contributed by atoms with Crippen LogP contribution < -0.4 is 5.32 Å². The van der Waals surface area contributed by atoms with Crippen LogP contribution in [0.3, 0.4) is 0 Å². The van der Waals surface area contributed by atoms with Crippen LogP contribution >= 0.6 is 0 Å². The molecule has 1 aliphatic rings. The Labute approximate surface area is 372 Å². The van der Waals surface area contributed by atoms with Crippen LogP contribution in [0.1, 0.15) is 22.9 Å². The van der Waals surface area contributed by atoms with Gasteiger partial charge in [-0.3, -0.25) is 0 Å². The highest BCUT2D eigenvalue weighted by molar-refractivity contribution is 6.25. The van der Waals surface area contributed by atoms with E-state index < -0.39 is 0 Å². The summed E-state index contributed by atoms with van der Waals surface area (Å²) in [6.45, 7) is 0. The van der Waals surface area contributed by atoms with E-state index in [-0.39, 0.29) is 6.17 Å². The second-order valence-electron chi connectivity index (χ2n) is 16.5. The summed E-state index contributed by atoms with van der Waals surface area (Å²) >= 11 is 0. The van der Waals surface area contributed by atoms with Crippen LogP contribution in [0.25, 0.3) is 87.6 Å². The van der Waals surface area contributed by atoms with Crippen LogP contribution in [-0.4, -0.2) is 11.7 Å². The molecule has 3 heteroatoms. The van der Waals surface area contributed by atoms with Gasteiger partial charge in [-0.2, -0.15) is 0 Å². The fourth-order valence-electron chi connectivity index (χ4n) is 9.52. The van der Waals surface area contributed by atoms with Crippen molar-refractivity contribution in [2.75, 3.05) is 0 Å². The van der Waals surface area contributed by atoms with Crippen LogP contribution in [0.2, 0.25) is 0 Å². The molecule has 1 atom stereocenters. The molecule has 0 radical (unpaired) electrons. The molecule has 0 bridgehead atoms. The lowest BCUT2D eigenvalue weighted by molar-refractivity contribution is 0.674. The number of amidine groups is 2. The largest absolute Gasteiger partial charge is 0.344 e. The Balaban J connectivity index is 0.890. The highest BCUT2D eigenvalue weighted by Gasteiger charge is 2.22. The monoisotopic (exact) mass is 815 g/mol. The van der Waals surface area contributed by atoms with E-state index in [4.69, 9.17) is 9.98 Å². The predicted octanol–water partition coefficient (Wildman–Crippen LogP) is 15.5. The van der Waals surface area contributed by atoms with E-state index in [1.807, 2.05) is 24.3 Å². The summed E-state index contributed by atoms with van der Waals surface area (Å²) in [5.41, 5.74) is 12.6. The predicted molar refractivity (Wildman–Crippen MR) is 270 cm³/mol. The van der Waals surface area contributed by atoms with Gasteiger partial charge in [-0.05, 0) is 99.2 Å². The first-order valence-electron chi connectivity index (χ1n) is 21.9. The normalized spacial score (nSPS) is 13.8. The molecule has 0 spiro atoms. The molecule has 1 unspecified atom stereocenters. The fraction of sp³-hybridized carbons (Fsp3) is 0.0164. The fourth-order valence-corrected chi connectivity index (χ4v) is 9.52. The quantitative estimate of drug-likeness (QED) is 0.160. The Kier molecular flexibility index (Phi) is 9.23. The van der Waals surface area contributed by atoms with Crippen LogP contribution in [0.15, 0.2) is 247 Å². The Bertz CT molecular complexity index is 3560. The van der Waals surface area contributed by atoms with Gasteiger partial charge in [0.05, 0.1) is 0 Å². The molecule has 11 aromatic carbocycles. The Morgan fingerprint density at radius 3 is 1.45 bits per heavy atom. The maximum Gasteiger partial charge on any atom is 0.159 e. The van der Waals surface area contributed by atoms with Gasteiger partial charge in [0.1, 0.15) is 12.0 Å². The third kappa shape index (κ3) is 6.72. The molecule has 0 saturated heterocycles. The molecule has 0 amide bonds. The molecular formula is C61H41N3. The van der Waals surface area contributed by atoms with Gasteiger partial charge in [-0.15, -0.1) is 0 Å². The summed E-state index contributed by atoms with van der Waals surface area (Å²) in [7, 11) is 0. The van der Waals surface area contributed by atoms with E-state index in [0.717, 1.165) is 28.1 Å². The van der Waals surface area contributed by atoms with Gasteiger partial charge < -0.3 is 5.32 Å². The number of aliphatic imine (C=N–C) groups is 2. The summed E-state index contributed by atoms with van der Waals surface area (Å²) < 4.78 is 0. The second-order valence-corrected chi connectivity index (χ2v) is 16.5. The number of hydrogen-bond donors (Lipinski definition) is 1. The molecule has 0 aromatic heterocycles. The highest BCUT2D eigenvalue weighted by atomic mass is 15.2. The molecule has 1 N–H and O–H groups in total. The topological polar surface area (TPSA) is 36.8 Å². The maximum absolute atomic E-state index is 5.12. The van der Waals surface area contributed by atoms with E-state index >= 15 is 0 Å². The SMILES string of the molecule is c1ccc(C2=NC(c3ccc(-c4ccccc4)cc3)NC(c3ccc(-c4ccc5ccccc5c4-c4ccc(-c5ccc6c7ccccc7c7ccccc7c6c5)cc4)cc3)=N2)cc1. The van der Waals surface area contributed by atoms with E-state index in [1.54, 1.807) is 0 Å². The summed E-state index contributed by atoms with van der Waals surface area (Å²) in [5, 5.41) is 13.8. The third-order valence-corrected chi connectivity index (χ3v) is 12.8. The summed E-state index contributed by atoms with van der Waals surface area (Å²) in [6.07, 6.45) is -0.295. The molecule has 300 valence electrons. The Hall–Kier alpha value is -8.40. The van der Waals surface area contributed by atoms with Crippen LogP contribution in [0.5, 0.6) is 0 Å². The van der Waals surface area contributed by atoms with E-state index in [2.05, 4.69) is 218 Å². The van der Waals surface area contributed by atoms with Crippen molar-refractivity contribution in [1.29, 1.82) is 0 Å². The van der Waals surface area contributed by atoms with Crippen molar-refractivity contribution in [2.45, 2.75) is 6.17 Å². The molecule has 64 heavy (non-hydrogen) atoms. The number of nitrogens with one attached hydrogen (secondary N) is 1. The zero-order chi connectivity index (χ0) is 42.4. The first-order valence-corrected chi connectivity index (χ1v) is 21.9. The van der Waals surface area contributed by atoms with Gasteiger partial charge in [-0.1, -0.05) is 231 Å². The molecule has 11 aromatic rings. The Morgan fingerprint density at radius 1 is 0.312 bits per heavy atom. The van der Waals surface area contributed by atoms with Crippen molar-refractivity contribution in [3.8, 4) is 44.5 Å². The molecule has 12 rings (SSSR count). The van der Waals surface area contributed by atoms with Crippen molar-refractivity contribution in [3.05, 3.63) is 253 Å². The average molecular weight is 816 g/mol. The van der Waals surface area contributed by atoms with Crippen molar-refractivity contribution in [1.82, 2.24) is 5.32 Å². The third-order valence-electron chi connectivity index (χ3n) is 12.8. The minimum atomic E-state index is -0.295. The minimum absolute atomic E-state index is 0.295. The first kappa shape index (κ1) is 37.4. The molecular weight excluding hydrogens is 775 g/mol. The van der Waals surface area contributed by atoms with Crippen LogP contribution in [-0.2, 0) is 0 Å². The lowest BCUT2D eigenvalue weighted by atomic mass is 9.88. The van der Waals surface area contributed by atoms with Gasteiger partial charge in [0, 0.05) is 11.1 Å². The zero-order valence-corrected chi connectivity index (χ0v) is 35.0. The van der Waals surface area contributed by atoms with Gasteiger partial charge in [-0.25, -0.2) is 9.98 Å². The van der Waals surface area contributed by atoms with Gasteiger partial charge in [0.25, 0.3) is 0 Å². The van der Waals surface area contributed by atoms with E-state index in [9.17, 15) is 0 Å². The lowest BCUT2D eigenvalue weighted by Crippen LogP contribution is -2.33. The Morgan fingerprint density at radius 2 is 0.781 bits per heavy atom. The van der Waals surface area contributed by atoms with E-state index in [1.165, 1.54) is 82.0 Å². The summed E-state index contributed by atoms with van der Waals surface area (Å²) in [5.74, 6) is 1.50. The maximum atomic E-state index is 5.12. The minimum Gasteiger partial charge on any atom is -0.344 e. The standard InChI is InChI=1S/C61H41N3/c1-3-13-40(14-4-1)41-25-31-47(32-26-41)60-62-59(46-16-5-2-6-17-46)63-61(64-60)48-33-27-44(28-34-48)51-37-35-43-15-7-8-18-50(43)58(51)45-29-23-42(24-30-45)49-36-38-56-54-21-10-9-19-52(54)53-20-11-12-22-55(53)57(56)39-49/h1-39,60H,(H,62,63,64). The van der Waals surface area contributed by atoms with Crippen LogP contribution in [0, 0.1) is 0 Å². The molecule has 1 heterocycles. The number of hydrogen-bond acceptors (Lipinski definition) is 3. The van der Waals surface area contributed by atoms with Crippen molar-refractivity contribution < 1.29 is 0 Å². The van der Waals surface area contributed by atoms with Gasteiger partial charge in [0.15, 0.2) is 5.84 Å². The second kappa shape index (κ2) is 15.8. The van der Waals surface area contributed by atoms with Gasteiger partial charge in [0.2, 0.25) is 0 Å². The first-order chi connectivity index (χ1) is 31.7. The number of rotatable bonds is 7. The number of benzene rings is 11. The van der Waals surface area contributed by atoms with Crippen LogP contribution in [0.4, 0.5) is 0 Å². The molecule has 0 saturated carbocycles.